The van der Waals surface area contributed by atoms with Crippen molar-refractivity contribution in [3.05, 3.63) is 83.6 Å². The van der Waals surface area contributed by atoms with Gasteiger partial charge in [0.1, 0.15) is 5.82 Å². The Bertz CT molecular complexity index is 1130. The second kappa shape index (κ2) is 7.45. The van der Waals surface area contributed by atoms with E-state index >= 15 is 0 Å². The Morgan fingerprint density at radius 2 is 1.83 bits per heavy atom. The molecule has 4 aromatic rings. The fraction of sp³-hybridized carbons (Fsp3) is 0.280. The van der Waals surface area contributed by atoms with Crippen LogP contribution in [0.2, 0.25) is 0 Å². The first-order valence-electron chi connectivity index (χ1n) is 10.4. The van der Waals surface area contributed by atoms with Crippen LogP contribution in [-0.4, -0.2) is 15.0 Å². The molecule has 0 saturated carbocycles. The first-order valence-corrected chi connectivity index (χ1v) is 10.4. The number of fused-ring (bicyclic) bond motifs is 3. The summed E-state index contributed by atoms with van der Waals surface area (Å²) in [6.45, 7) is 4.17. The van der Waals surface area contributed by atoms with Crippen LogP contribution in [0.5, 0.6) is 0 Å². The Balaban J connectivity index is 1.49. The van der Waals surface area contributed by atoms with Gasteiger partial charge in [0, 0.05) is 46.6 Å². The number of hydrogen-bond donors (Lipinski definition) is 2. The predicted molar refractivity (Wildman–Crippen MR) is 118 cm³/mol. The number of hydrogen-bond acceptors (Lipinski definition) is 3. The number of nitrogens with one attached hydrogen (secondary N) is 2. The van der Waals surface area contributed by atoms with Crippen molar-refractivity contribution in [3.8, 4) is 11.1 Å². The predicted octanol–water partition coefficient (Wildman–Crippen LogP) is 5.66. The van der Waals surface area contributed by atoms with E-state index in [0.29, 0.717) is 12.1 Å². The molecule has 2 aromatic heterocycles. The number of aryl methyl sites for hydroxylation is 2. The summed E-state index contributed by atoms with van der Waals surface area (Å²) in [6, 6.07) is 18.0. The lowest BCUT2D eigenvalue weighted by atomic mass is 9.90. The molecule has 0 radical (unpaired) electrons. The summed E-state index contributed by atoms with van der Waals surface area (Å²) in [7, 11) is 0. The average Bonchev–Trinajstić information content (AvgIpc) is 3.14. The smallest absolute Gasteiger partial charge is 0.125 e. The van der Waals surface area contributed by atoms with E-state index in [9.17, 15) is 0 Å². The van der Waals surface area contributed by atoms with Crippen LogP contribution in [0.4, 0.5) is 0 Å². The fourth-order valence-electron chi connectivity index (χ4n) is 4.49. The summed E-state index contributed by atoms with van der Waals surface area (Å²) in [5.74, 6) is 0.801. The van der Waals surface area contributed by atoms with Crippen molar-refractivity contribution < 1.29 is 0 Å². The molecule has 0 saturated heterocycles. The van der Waals surface area contributed by atoms with Gasteiger partial charge in [0.2, 0.25) is 0 Å². The molecule has 0 bridgehead atoms. The standard InChI is InChI=1S/C25H26N4/c1-16(18-7-4-3-5-8-18)28-24-10-6-9-21-22-13-19(11-12-23(22)29-25(21)24)20-14-26-17(2)27-15-20/h3-5,7-8,11-16,24,28-29H,6,9-10H2,1-2H3. The van der Waals surface area contributed by atoms with Crippen molar-refractivity contribution in [1.29, 1.82) is 0 Å². The van der Waals surface area contributed by atoms with Gasteiger partial charge in [-0.1, -0.05) is 36.4 Å². The lowest BCUT2D eigenvalue weighted by molar-refractivity contribution is 0.410. The van der Waals surface area contributed by atoms with E-state index in [1.807, 2.05) is 19.3 Å². The van der Waals surface area contributed by atoms with Gasteiger partial charge in [0.25, 0.3) is 0 Å². The van der Waals surface area contributed by atoms with Gasteiger partial charge < -0.3 is 10.3 Å². The monoisotopic (exact) mass is 382 g/mol. The molecule has 0 spiro atoms. The van der Waals surface area contributed by atoms with Gasteiger partial charge in [-0.05, 0) is 61.9 Å². The molecule has 4 nitrogen and oxygen atoms in total. The molecule has 2 heterocycles. The molecule has 0 fully saturated rings. The number of nitrogens with zero attached hydrogens (tertiary/aromatic N) is 2. The van der Waals surface area contributed by atoms with Gasteiger partial charge in [0.15, 0.2) is 0 Å². The topological polar surface area (TPSA) is 53.6 Å². The van der Waals surface area contributed by atoms with E-state index in [1.54, 1.807) is 0 Å². The summed E-state index contributed by atoms with van der Waals surface area (Å²) in [5.41, 5.74) is 7.60. The normalized spacial score (nSPS) is 17.2. The van der Waals surface area contributed by atoms with Crippen LogP contribution in [0, 0.1) is 6.92 Å². The van der Waals surface area contributed by atoms with Gasteiger partial charge in [-0.15, -0.1) is 0 Å². The van der Waals surface area contributed by atoms with Gasteiger partial charge in [-0.2, -0.15) is 0 Å². The third kappa shape index (κ3) is 3.45. The number of aromatic nitrogens is 3. The van der Waals surface area contributed by atoms with E-state index in [2.05, 4.69) is 75.7 Å². The zero-order valence-corrected chi connectivity index (χ0v) is 16.9. The molecule has 5 rings (SSSR count). The van der Waals surface area contributed by atoms with E-state index < -0.39 is 0 Å². The quantitative estimate of drug-likeness (QED) is 0.479. The zero-order valence-electron chi connectivity index (χ0n) is 16.9. The molecule has 2 N–H and O–H groups in total. The maximum Gasteiger partial charge on any atom is 0.125 e. The zero-order chi connectivity index (χ0) is 19.8. The van der Waals surface area contributed by atoms with Gasteiger partial charge in [-0.3, -0.25) is 0 Å². The minimum Gasteiger partial charge on any atom is -0.357 e. The maximum absolute atomic E-state index is 4.36. The molecule has 2 aromatic carbocycles. The molecule has 146 valence electrons. The van der Waals surface area contributed by atoms with Gasteiger partial charge >= 0.3 is 0 Å². The van der Waals surface area contributed by atoms with Gasteiger partial charge in [-0.25, -0.2) is 9.97 Å². The van der Waals surface area contributed by atoms with Crippen molar-refractivity contribution in [2.75, 3.05) is 0 Å². The number of aromatic amines is 1. The second-order valence-electron chi connectivity index (χ2n) is 8.04. The van der Waals surface area contributed by atoms with Crippen LogP contribution in [0.1, 0.15) is 54.5 Å². The highest BCUT2D eigenvalue weighted by atomic mass is 15.0. The lowest BCUT2D eigenvalue weighted by Gasteiger charge is -2.27. The third-order valence-corrected chi connectivity index (χ3v) is 6.07. The summed E-state index contributed by atoms with van der Waals surface area (Å²) in [6.07, 6.45) is 7.32. The number of benzene rings is 2. The van der Waals surface area contributed by atoms with E-state index in [1.165, 1.54) is 39.7 Å². The molecular formula is C25H26N4. The highest BCUT2D eigenvalue weighted by Gasteiger charge is 2.25. The summed E-state index contributed by atoms with van der Waals surface area (Å²) >= 11 is 0. The first-order chi connectivity index (χ1) is 14.2. The Hall–Kier alpha value is -2.98. The molecule has 2 unspecified atom stereocenters. The largest absolute Gasteiger partial charge is 0.357 e. The van der Waals surface area contributed by atoms with Gasteiger partial charge in [0.05, 0.1) is 0 Å². The Morgan fingerprint density at radius 3 is 2.62 bits per heavy atom. The molecule has 1 aliphatic rings. The fourth-order valence-corrected chi connectivity index (χ4v) is 4.49. The lowest BCUT2D eigenvalue weighted by Crippen LogP contribution is -2.27. The van der Waals surface area contributed by atoms with Crippen LogP contribution in [-0.2, 0) is 6.42 Å². The molecule has 0 amide bonds. The van der Waals surface area contributed by atoms with Crippen molar-refractivity contribution in [1.82, 2.24) is 20.3 Å². The SMILES string of the molecule is Cc1ncc(-c2ccc3[nH]c4c(c3c2)CCCC4NC(C)c2ccccc2)cn1. The van der Waals surface area contributed by atoms with Crippen LogP contribution in [0.15, 0.2) is 60.9 Å². The Kier molecular flexibility index (Phi) is 4.64. The minimum absolute atomic E-state index is 0.318. The van der Waals surface area contributed by atoms with E-state index in [-0.39, 0.29) is 0 Å². The van der Waals surface area contributed by atoms with Crippen molar-refractivity contribution >= 4 is 10.9 Å². The van der Waals surface area contributed by atoms with E-state index in [0.717, 1.165) is 24.2 Å². The van der Waals surface area contributed by atoms with E-state index in [4.69, 9.17) is 0 Å². The molecular weight excluding hydrogens is 356 g/mol. The third-order valence-electron chi connectivity index (χ3n) is 6.07. The highest BCUT2D eigenvalue weighted by molar-refractivity contribution is 5.89. The van der Waals surface area contributed by atoms with Crippen LogP contribution >= 0.6 is 0 Å². The minimum atomic E-state index is 0.318. The first kappa shape index (κ1) is 18.1. The molecule has 2 atom stereocenters. The van der Waals surface area contributed by atoms with Crippen molar-refractivity contribution in [2.24, 2.45) is 0 Å². The summed E-state index contributed by atoms with van der Waals surface area (Å²) < 4.78 is 0. The van der Waals surface area contributed by atoms with Crippen LogP contribution in [0.3, 0.4) is 0 Å². The summed E-state index contributed by atoms with van der Waals surface area (Å²) in [4.78, 5) is 12.4. The van der Waals surface area contributed by atoms with Crippen LogP contribution < -0.4 is 5.32 Å². The van der Waals surface area contributed by atoms with Crippen molar-refractivity contribution in [3.63, 3.8) is 0 Å². The molecule has 1 aliphatic carbocycles. The average molecular weight is 383 g/mol. The molecule has 0 aliphatic heterocycles. The molecule has 29 heavy (non-hydrogen) atoms. The maximum atomic E-state index is 4.36. The van der Waals surface area contributed by atoms with Crippen LogP contribution in [0.25, 0.3) is 22.0 Å². The summed E-state index contributed by atoms with van der Waals surface area (Å²) in [5, 5.41) is 5.18. The highest BCUT2D eigenvalue weighted by Crippen LogP contribution is 2.37. The Labute approximate surface area is 171 Å². The second-order valence-corrected chi connectivity index (χ2v) is 8.04. The number of rotatable bonds is 4. The Morgan fingerprint density at radius 1 is 1.03 bits per heavy atom. The molecule has 4 heteroatoms. The van der Waals surface area contributed by atoms with Crippen molar-refractivity contribution in [2.45, 2.75) is 45.2 Å². The number of H-pyrrole nitrogens is 1.